The predicted molar refractivity (Wildman–Crippen MR) is 106 cm³/mol. The molecule has 1 aromatic rings. The summed E-state index contributed by atoms with van der Waals surface area (Å²) in [6, 6.07) is 4.99. The van der Waals surface area contributed by atoms with Gasteiger partial charge in [-0.15, -0.1) is 0 Å². The number of aliphatic hydroxyl groups is 1. The van der Waals surface area contributed by atoms with E-state index in [1.807, 2.05) is 0 Å². The van der Waals surface area contributed by atoms with E-state index in [0.717, 1.165) is 45.2 Å². The van der Waals surface area contributed by atoms with E-state index in [-0.39, 0.29) is 36.0 Å². The van der Waals surface area contributed by atoms with Crippen LogP contribution < -0.4 is 5.32 Å². The molecule has 2 unspecified atom stereocenters. The van der Waals surface area contributed by atoms with E-state index < -0.39 is 10.9 Å². The maximum Gasteiger partial charge on any atom is 0.345 e. The van der Waals surface area contributed by atoms with Crippen LogP contribution in [0.2, 0.25) is 0 Å². The summed E-state index contributed by atoms with van der Waals surface area (Å²) in [6.07, 6.45) is 5.87. The number of hydrogen-bond donors (Lipinski definition) is 2. The fourth-order valence-corrected chi connectivity index (χ4v) is 4.29. The van der Waals surface area contributed by atoms with Crippen LogP contribution in [0.25, 0.3) is 0 Å². The Morgan fingerprint density at radius 2 is 2.00 bits per heavy atom. The summed E-state index contributed by atoms with van der Waals surface area (Å²) in [5, 5.41) is 24.9. The molecule has 1 heterocycles. The molecule has 2 aliphatic rings. The number of aliphatic hydroxyl groups excluding tert-OH is 1. The van der Waals surface area contributed by atoms with Crippen LogP contribution in [-0.2, 0) is 4.74 Å². The topological polar surface area (TPSA) is 105 Å². The number of rotatable bonds is 6. The van der Waals surface area contributed by atoms with Gasteiger partial charge in [-0.05, 0) is 44.7 Å². The minimum atomic E-state index is -0.682. The van der Waals surface area contributed by atoms with Crippen LogP contribution in [0.5, 0.6) is 0 Å². The van der Waals surface area contributed by atoms with E-state index in [1.165, 1.54) is 18.6 Å². The van der Waals surface area contributed by atoms with Gasteiger partial charge in [-0.3, -0.25) is 15.0 Å². The molecular weight excluding hydrogens is 362 g/mol. The fourth-order valence-electron chi connectivity index (χ4n) is 4.29. The van der Waals surface area contributed by atoms with Gasteiger partial charge in [-0.1, -0.05) is 12.8 Å². The molecule has 0 bridgehead atoms. The van der Waals surface area contributed by atoms with E-state index in [0.29, 0.717) is 5.69 Å². The van der Waals surface area contributed by atoms with Crippen molar-refractivity contribution in [3.63, 3.8) is 0 Å². The van der Waals surface area contributed by atoms with Crippen LogP contribution in [0, 0.1) is 10.1 Å². The van der Waals surface area contributed by atoms with Crippen LogP contribution in [-0.4, -0.2) is 58.8 Å². The molecule has 8 nitrogen and oxygen atoms in total. The monoisotopic (exact) mass is 391 g/mol. The number of ether oxygens (including phenoxy) is 1. The third kappa shape index (κ3) is 4.80. The minimum absolute atomic E-state index is 0.0281. The van der Waals surface area contributed by atoms with Crippen LogP contribution in [0.1, 0.15) is 55.8 Å². The molecule has 0 radical (unpaired) electrons. The van der Waals surface area contributed by atoms with Gasteiger partial charge in [-0.25, -0.2) is 4.79 Å². The highest BCUT2D eigenvalue weighted by Crippen LogP contribution is 2.28. The number of nitro benzene ring substituents is 1. The molecule has 1 aliphatic heterocycles. The molecule has 1 aliphatic carbocycles. The molecule has 3 rings (SSSR count). The van der Waals surface area contributed by atoms with Crippen molar-refractivity contribution >= 4 is 17.3 Å². The first-order valence-electron chi connectivity index (χ1n) is 10.1. The number of esters is 1. The van der Waals surface area contributed by atoms with Crippen molar-refractivity contribution in [2.45, 2.75) is 63.6 Å². The lowest BCUT2D eigenvalue weighted by atomic mass is 9.89. The zero-order valence-electron chi connectivity index (χ0n) is 16.3. The van der Waals surface area contributed by atoms with Crippen LogP contribution >= 0.6 is 0 Å². The maximum absolute atomic E-state index is 12.1. The summed E-state index contributed by atoms with van der Waals surface area (Å²) in [4.78, 5) is 25.1. The van der Waals surface area contributed by atoms with Gasteiger partial charge in [0, 0.05) is 36.9 Å². The highest BCUT2D eigenvalue weighted by Gasteiger charge is 2.31. The Morgan fingerprint density at radius 1 is 1.29 bits per heavy atom. The number of nitrogens with zero attached hydrogens (tertiary/aromatic N) is 2. The summed E-state index contributed by atoms with van der Waals surface area (Å²) < 4.78 is 4.95. The number of nitrogens with one attached hydrogen (secondary N) is 1. The second kappa shape index (κ2) is 9.34. The Kier molecular flexibility index (Phi) is 6.85. The standard InChI is InChI=1S/C20H29N3O5/c1-2-28-20(25)16-13-15(7-8-17(16)23(26)27)21-14-9-11-22(12-10-14)18-5-3-4-6-19(18)24/h7-8,13-14,18-19,21,24H,2-6,9-12H2,1H3. The largest absolute Gasteiger partial charge is 0.462 e. The first kappa shape index (κ1) is 20.5. The number of carbonyl (C=O) groups excluding carboxylic acids is 1. The number of benzene rings is 1. The third-order valence-electron chi connectivity index (χ3n) is 5.75. The van der Waals surface area contributed by atoms with Crippen molar-refractivity contribution < 1.29 is 19.6 Å². The van der Waals surface area contributed by atoms with Gasteiger partial charge in [0.25, 0.3) is 5.69 Å². The van der Waals surface area contributed by atoms with E-state index in [2.05, 4.69) is 10.2 Å². The SMILES string of the molecule is CCOC(=O)c1cc(NC2CCN(C3CCCCC3O)CC2)ccc1[N+](=O)[O-]. The minimum Gasteiger partial charge on any atom is -0.462 e. The highest BCUT2D eigenvalue weighted by molar-refractivity contribution is 5.95. The molecule has 1 saturated carbocycles. The smallest absolute Gasteiger partial charge is 0.345 e. The molecule has 1 saturated heterocycles. The van der Waals surface area contributed by atoms with Gasteiger partial charge in [-0.2, -0.15) is 0 Å². The lowest BCUT2D eigenvalue weighted by Crippen LogP contribution is -2.50. The van der Waals surface area contributed by atoms with E-state index >= 15 is 0 Å². The van der Waals surface area contributed by atoms with Crippen molar-refractivity contribution in [2.24, 2.45) is 0 Å². The molecule has 8 heteroatoms. The van der Waals surface area contributed by atoms with Gasteiger partial charge < -0.3 is 15.2 Å². The lowest BCUT2D eigenvalue weighted by Gasteiger charge is -2.41. The van der Waals surface area contributed by atoms with E-state index in [1.54, 1.807) is 13.0 Å². The van der Waals surface area contributed by atoms with Gasteiger partial charge >= 0.3 is 5.97 Å². The molecular formula is C20H29N3O5. The number of likely N-dealkylation sites (tertiary alicyclic amines) is 1. The maximum atomic E-state index is 12.1. The second-order valence-corrected chi connectivity index (χ2v) is 7.58. The molecule has 28 heavy (non-hydrogen) atoms. The number of nitro groups is 1. The molecule has 154 valence electrons. The number of hydrogen-bond acceptors (Lipinski definition) is 7. The zero-order valence-corrected chi connectivity index (χ0v) is 16.3. The molecule has 1 aromatic carbocycles. The normalized spacial score (nSPS) is 23.9. The number of piperidine rings is 1. The summed E-state index contributed by atoms with van der Waals surface area (Å²) in [5.74, 6) is -0.682. The van der Waals surface area contributed by atoms with Crippen LogP contribution in [0.3, 0.4) is 0 Å². The summed E-state index contributed by atoms with van der Waals surface area (Å²) in [6.45, 7) is 3.66. The van der Waals surface area contributed by atoms with Crippen molar-refractivity contribution in [1.82, 2.24) is 4.90 Å². The molecule has 0 spiro atoms. The second-order valence-electron chi connectivity index (χ2n) is 7.58. The predicted octanol–water partition coefficient (Wildman–Crippen LogP) is 2.95. The Hall–Kier alpha value is -2.19. The third-order valence-corrected chi connectivity index (χ3v) is 5.75. The van der Waals surface area contributed by atoms with E-state index in [9.17, 15) is 20.0 Å². The quantitative estimate of drug-likeness (QED) is 0.436. The van der Waals surface area contributed by atoms with Crippen LogP contribution in [0.15, 0.2) is 18.2 Å². The molecule has 2 atom stereocenters. The highest BCUT2D eigenvalue weighted by atomic mass is 16.6. The Balaban J connectivity index is 1.62. The Bertz CT molecular complexity index is 703. The molecule has 0 amide bonds. The van der Waals surface area contributed by atoms with Gasteiger partial charge in [0.05, 0.1) is 17.6 Å². The Labute approximate surface area is 165 Å². The first-order valence-corrected chi connectivity index (χ1v) is 10.1. The van der Waals surface area contributed by atoms with Crippen LogP contribution in [0.4, 0.5) is 11.4 Å². The van der Waals surface area contributed by atoms with Crippen molar-refractivity contribution in [3.05, 3.63) is 33.9 Å². The summed E-state index contributed by atoms with van der Waals surface area (Å²) in [5.41, 5.74) is 0.412. The average molecular weight is 391 g/mol. The zero-order chi connectivity index (χ0) is 20.1. The summed E-state index contributed by atoms with van der Waals surface area (Å²) >= 11 is 0. The van der Waals surface area contributed by atoms with Gasteiger partial charge in [0.2, 0.25) is 0 Å². The van der Waals surface area contributed by atoms with Crippen molar-refractivity contribution in [2.75, 3.05) is 25.0 Å². The van der Waals surface area contributed by atoms with E-state index in [4.69, 9.17) is 4.74 Å². The molecule has 2 N–H and O–H groups in total. The first-order chi connectivity index (χ1) is 13.5. The fraction of sp³-hybridized carbons (Fsp3) is 0.650. The average Bonchev–Trinajstić information content (AvgIpc) is 2.69. The number of anilines is 1. The Morgan fingerprint density at radius 3 is 2.64 bits per heavy atom. The van der Waals surface area contributed by atoms with Crippen molar-refractivity contribution in [3.8, 4) is 0 Å². The molecule has 0 aromatic heterocycles. The lowest BCUT2D eigenvalue weighted by molar-refractivity contribution is -0.385. The van der Waals surface area contributed by atoms with Crippen molar-refractivity contribution in [1.29, 1.82) is 0 Å². The molecule has 2 fully saturated rings. The summed E-state index contributed by atoms with van der Waals surface area (Å²) in [7, 11) is 0. The van der Waals surface area contributed by atoms with Gasteiger partial charge in [0.15, 0.2) is 0 Å². The number of carbonyl (C=O) groups is 1. The van der Waals surface area contributed by atoms with Gasteiger partial charge in [0.1, 0.15) is 5.56 Å².